The van der Waals surface area contributed by atoms with E-state index < -0.39 is 0 Å². The molecule has 1 aliphatic rings. The Labute approximate surface area is 167 Å². The Morgan fingerprint density at radius 3 is 2.86 bits per heavy atom. The molecule has 4 aromatic rings. The lowest BCUT2D eigenvalue weighted by Crippen LogP contribution is -2.32. The van der Waals surface area contributed by atoms with E-state index in [0.29, 0.717) is 12.4 Å². The second kappa shape index (κ2) is 6.80. The highest BCUT2D eigenvalue weighted by Gasteiger charge is 2.21. The van der Waals surface area contributed by atoms with Gasteiger partial charge in [0.2, 0.25) is 0 Å². The summed E-state index contributed by atoms with van der Waals surface area (Å²) in [6.45, 7) is 3.30. The first-order chi connectivity index (χ1) is 14.1. The van der Waals surface area contributed by atoms with E-state index in [1.54, 1.807) is 16.9 Å². The predicted molar refractivity (Wildman–Crippen MR) is 110 cm³/mol. The molecular formula is C21H20FN7. The number of benzene rings is 1. The summed E-state index contributed by atoms with van der Waals surface area (Å²) in [5.74, 6) is 2.05. The van der Waals surface area contributed by atoms with E-state index in [-0.39, 0.29) is 5.82 Å². The van der Waals surface area contributed by atoms with E-state index in [2.05, 4.69) is 36.3 Å². The second-order valence-electron chi connectivity index (χ2n) is 7.22. The average Bonchev–Trinajstić information content (AvgIpc) is 3.11. The molecule has 0 aliphatic carbocycles. The molecule has 0 saturated heterocycles. The van der Waals surface area contributed by atoms with Gasteiger partial charge in [-0.2, -0.15) is 5.10 Å². The fraction of sp³-hybridized carbons (Fsp3) is 0.238. The minimum Gasteiger partial charge on any atom is -0.351 e. The first-order valence-electron chi connectivity index (χ1n) is 9.48. The molecule has 0 spiro atoms. The van der Waals surface area contributed by atoms with Crippen molar-refractivity contribution >= 4 is 28.2 Å². The van der Waals surface area contributed by atoms with Crippen molar-refractivity contribution in [2.75, 3.05) is 16.8 Å². The van der Waals surface area contributed by atoms with Crippen LogP contribution in [0.3, 0.4) is 0 Å². The van der Waals surface area contributed by atoms with Crippen LogP contribution in [0.25, 0.3) is 10.9 Å². The summed E-state index contributed by atoms with van der Waals surface area (Å²) in [7, 11) is 1.89. The van der Waals surface area contributed by atoms with Gasteiger partial charge in [-0.25, -0.2) is 14.4 Å². The molecule has 0 unspecified atom stereocenters. The van der Waals surface area contributed by atoms with E-state index in [1.165, 1.54) is 12.1 Å². The van der Waals surface area contributed by atoms with Crippen molar-refractivity contribution in [1.29, 1.82) is 0 Å². The molecule has 0 amide bonds. The Morgan fingerprint density at radius 1 is 1.14 bits per heavy atom. The number of hydrogen-bond donors (Lipinski definition) is 1. The molecule has 0 atom stereocenters. The van der Waals surface area contributed by atoms with Crippen molar-refractivity contribution in [2.24, 2.45) is 7.05 Å². The molecule has 3 aromatic heterocycles. The maximum atomic E-state index is 13.9. The number of halogens is 1. The molecule has 1 N–H and O–H groups in total. The molecule has 29 heavy (non-hydrogen) atoms. The van der Waals surface area contributed by atoms with Gasteiger partial charge in [-0.05, 0) is 36.8 Å². The SMILES string of the molecule is Cc1nc(N2CCc3ncc(Nc4ccnn4C)cc3C2)c2cc(F)ccc2n1. The van der Waals surface area contributed by atoms with Crippen LogP contribution in [0.1, 0.15) is 17.1 Å². The van der Waals surface area contributed by atoms with Gasteiger partial charge in [0.15, 0.2) is 0 Å². The van der Waals surface area contributed by atoms with Crippen LogP contribution >= 0.6 is 0 Å². The number of pyridine rings is 1. The number of aromatic nitrogens is 5. The van der Waals surface area contributed by atoms with Crippen LogP contribution in [0.4, 0.5) is 21.7 Å². The average molecular weight is 389 g/mol. The van der Waals surface area contributed by atoms with E-state index >= 15 is 0 Å². The Kier molecular flexibility index (Phi) is 4.12. The van der Waals surface area contributed by atoms with Gasteiger partial charge in [0.25, 0.3) is 0 Å². The molecule has 1 aromatic carbocycles. The second-order valence-corrected chi connectivity index (χ2v) is 7.22. The first-order valence-corrected chi connectivity index (χ1v) is 9.48. The van der Waals surface area contributed by atoms with Crippen LogP contribution in [0.2, 0.25) is 0 Å². The lowest BCUT2D eigenvalue weighted by atomic mass is 10.0. The van der Waals surface area contributed by atoms with Crippen LogP contribution in [-0.2, 0) is 20.0 Å². The summed E-state index contributed by atoms with van der Waals surface area (Å²) in [6, 6.07) is 8.68. The highest BCUT2D eigenvalue weighted by molar-refractivity contribution is 5.89. The maximum absolute atomic E-state index is 13.9. The minimum absolute atomic E-state index is 0.284. The maximum Gasteiger partial charge on any atom is 0.140 e. The quantitative estimate of drug-likeness (QED) is 0.578. The van der Waals surface area contributed by atoms with Gasteiger partial charge in [0.05, 0.1) is 23.6 Å². The summed E-state index contributed by atoms with van der Waals surface area (Å²) in [5.41, 5.74) is 3.87. The summed E-state index contributed by atoms with van der Waals surface area (Å²) >= 11 is 0. The molecule has 0 radical (unpaired) electrons. The van der Waals surface area contributed by atoms with Gasteiger partial charge < -0.3 is 10.2 Å². The highest BCUT2D eigenvalue weighted by Crippen LogP contribution is 2.30. The standard InChI is InChI=1S/C21H20FN7/c1-13-25-19-4-3-15(22)10-17(19)21(26-13)29-8-6-18-14(12-29)9-16(11-23-18)27-20-5-7-24-28(20)2/h3-5,7,9-11,27H,6,8,12H2,1-2H3. The van der Waals surface area contributed by atoms with Crippen molar-refractivity contribution in [3.8, 4) is 0 Å². The van der Waals surface area contributed by atoms with Crippen LogP contribution in [0.5, 0.6) is 0 Å². The summed E-state index contributed by atoms with van der Waals surface area (Å²) in [6.07, 6.45) is 4.40. The van der Waals surface area contributed by atoms with Crippen molar-refractivity contribution in [1.82, 2.24) is 24.7 Å². The molecule has 4 heterocycles. The van der Waals surface area contributed by atoms with Gasteiger partial charge in [0.1, 0.15) is 23.3 Å². The number of nitrogens with one attached hydrogen (secondary N) is 1. The molecule has 146 valence electrons. The van der Waals surface area contributed by atoms with E-state index in [4.69, 9.17) is 0 Å². The van der Waals surface area contributed by atoms with Crippen LogP contribution < -0.4 is 10.2 Å². The smallest absolute Gasteiger partial charge is 0.140 e. The summed E-state index contributed by atoms with van der Waals surface area (Å²) in [4.78, 5) is 15.9. The number of aryl methyl sites for hydroxylation is 2. The van der Waals surface area contributed by atoms with Crippen LogP contribution in [-0.4, -0.2) is 31.3 Å². The molecule has 1 aliphatic heterocycles. The van der Waals surface area contributed by atoms with Gasteiger partial charge in [0, 0.05) is 43.7 Å². The lowest BCUT2D eigenvalue weighted by molar-refractivity contribution is 0.629. The Balaban J connectivity index is 1.49. The van der Waals surface area contributed by atoms with Crippen molar-refractivity contribution in [2.45, 2.75) is 19.9 Å². The third-order valence-electron chi connectivity index (χ3n) is 5.18. The molecule has 7 nitrogen and oxygen atoms in total. The van der Waals surface area contributed by atoms with Gasteiger partial charge >= 0.3 is 0 Å². The molecule has 0 saturated carbocycles. The molecule has 0 fully saturated rings. The highest BCUT2D eigenvalue weighted by atomic mass is 19.1. The lowest BCUT2D eigenvalue weighted by Gasteiger charge is -2.30. The fourth-order valence-electron chi connectivity index (χ4n) is 3.76. The zero-order valence-electron chi connectivity index (χ0n) is 16.2. The van der Waals surface area contributed by atoms with Gasteiger partial charge in [-0.15, -0.1) is 0 Å². The Hall–Kier alpha value is -3.55. The van der Waals surface area contributed by atoms with Crippen LogP contribution in [0, 0.1) is 12.7 Å². The first kappa shape index (κ1) is 17.5. The Morgan fingerprint density at radius 2 is 2.03 bits per heavy atom. The summed E-state index contributed by atoms with van der Waals surface area (Å²) < 4.78 is 15.7. The molecule has 8 heteroatoms. The Bertz CT molecular complexity index is 1220. The zero-order chi connectivity index (χ0) is 20.0. The third-order valence-corrected chi connectivity index (χ3v) is 5.18. The number of nitrogens with zero attached hydrogens (tertiary/aromatic N) is 6. The molecular weight excluding hydrogens is 369 g/mol. The van der Waals surface area contributed by atoms with Crippen LogP contribution in [0.15, 0.2) is 42.7 Å². The fourth-order valence-corrected chi connectivity index (χ4v) is 3.76. The van der Waals surface area contributed by atoms with Gasteiger partial charge in [-0.3, -0.25) is 9.67 Å². The zero-order valence-corrected chi connectivity index (χ0v) is 16.2. The largest absolute Gasteiger partial charge is 0.351 e. The topological polar surface area (TPSA) is 71.8 Å². The number of anilines is 3. The van der Waals surface area contributed by atoms with Crippen molar-refractivity contribution in [3.05, 3.63) is 65.6 Å². The number of rotatable bonds is 3. The number of hydrogen-bond acceptors (Lipinski definition) is 6. The predicted octanol–water partition coefficient (Wildman–Crippen LogP) is 3.51. The molecule has 0 bridgehead atoms. The van der Waals surface area contributed by atoms with Gasteiger partial charge in [-0.1, -0.05) is 0 Å². The van der Waals surface area contributed by atoms with E-state index in [0.717, 1.165) is 52.4 Å². The molecule has 5 rings (SSSR count). The van der Waals surface area contributed by atoms with Crippen molar-refractivity contribution in [3.63, 3.8) is 0 Å². The van der Waals surface area contributed by atoms with E-state index in [1.807, 2.05) is 26.2 Å². The number of fused-ring (bicyclic) bond motifs is 2. The van der Waals surface area contributed by atoms with Crippen molar-refractivity contribution < 1.29 is 4.39 Å². The normalized spacial score (nSPS) is 13.6. The monoisotopic (exact) mass is 389 g/mol. The third kappa shape index (κ3) is 3.26. The minimum atomic E-state index is -0.284. The summed E-state index contributed by atoms with van der Waals surface area (Å²) in [5, 5.41) is 8.26. The van der Waals surface area contributed by atoms with E-state index in [9.17, 15) is 4.39 Å².